The van der Waals surface area contributed by atoms with Gasteiger partial charge in [-0.15, -0.1) is 0 Å². The fraction of sp³-hybridized carbons (Fsp3) is 0.0714. The number of hydrogen-bond donors (Lipinski definition) is 0. The van der Waals surface area contributed by atoms with Gasteiger partial charge in [0, 0.05) is 10.0 Å². The van der Waals surface area contributed by atoms with E-state index < -0.39 is 5.97 Å². The lowest BCUT2D eigenvalue weighted by molar-refractivity contribution is 0.0601. The average molecular weight is 309 g/mol. The van der Waals surface area contributed by atoms with Gasteiger partial charge in [-0.05, 0) is 29.8 Å². The van der Waals surface area contributed by atoms with E-state index in [0.717, 1.165) is 0 Å². The van der Waals surface area contributed by atoms with E-state index in [1.54, 1.807) is 36.4 Å². The van der Waals surface area contributed by atoms with Crippen molar-refractivity contribution in [2.75, 3.05) is 7.11 Å². The minimum atomic E-state index is -0.405. The number of halogens is 2. The van der Waals surface area contributed by atoms with E-state index in [4.69, 9.17) is 0 Å². The Hall–Kier alpha value is -1.68. The average Bonchev–Trinajstić information content (AvgIpc) is 2.38. The van der Waals surface area contributed by atoms with Gasteiger partial charge in [0.05, 0.1) is 12.7 Å². The van der Waals surface area contributed by atoms with Gasteiger partial charge in [0.2, 0.25) is 0 Å². The van der Waals surface area contributed by atoms with Crippen LogP contribution in [0.15, 0.2) is 46.9 Å². The molecule has 92 valence electrons. The molecule has 18 heavy (non-hydrogen) atoms. The summed E-state index contributed by atoms with van der Waals surface area (Å²) in [7, 11) is 1.32. The topological polar surface area (TPSA) is 26.3 Å². The normalized spacial score (nSPS) is 10.2. The summed E-state index contributed by atoms with van der Waals surface area (Å²) in [4.78, 5) is 11.3. The zero-order valence-electron chi connectivity index (χ0n) is 9.61. The van der Waals surface area contributed by atoms with Crippen LogP contribution >= 0.6 is 15.9 Å². The molecule has 0 saturated heterocycles. The van der Waals surface area contributed by atoms with Gasteiger partial charge in [-0.25, -0.2) is 9.18 Å². The zero-order chi connectivity index (χ0) is 13.1. The number of carbonyl (C=O) groups is 1. The summed E-state index contributed by atoms with van der Waals surface area (Å²) in [5.74, 6) is -0.715. The maximum atomic E-state index is 13.7. The van der Waals surface area contributed by atoms with Crippen LogP contribution in [0.1, 0.15) is 10.4 Å². The first-order valence-corrected chi connectivity index (χ1v) is 6.05. The lowest BCUT2D eigenvalue weighted by Crippen LogP contribution is -2.00. The van der Waals surface area contributed by atoms with Crippen LogP contribution in [0.2, 0.25) is 0 Å². The predicted octanol–water partition coefficient (Wildman–Crippen LogP) is 4.04. The largest absolute Gasteiger partial charge is 0.465 e. The van der Waals surface area contributed by atoms with Crippen LogP contribution in [-0.2, 0) is 4.74 Å². The van der Waals surface area contributed by atoms with E-state index in [1.165, 1.54) is 13.2 Å². The van der Waals surface area contributed by atoms with Crippen molar-refractivity contribution in [3.8, 4) is 11.1 Å². The summed E-state index contributed by atoms with van der Waals surface area (Å²) in [5.41, 5.74) is 1.65. The smallest absolute Gasteiger partial charge is 0.337 e. The standard InChI is InChI=1S/C14H10BrFO2/c1-18-14(17)10-4-2-9(3-5-10)12-7-6-11(15)8-13(12)16/h2-8H,1H3. The lowest BCUT2D eigenvalue weighted by atomic mass is 10.0. The van der Waals surface area contributed by atoms with Gasteiger partial charge in [0.25, 0.3) is 0 Å². The van der Waals surface area contributed by atoms with Gasteiger partial charge >= 0.3 is 5.97 Å². The molecular formula is C14H10BrFO2. The van der Waals surface area contributed by atoms with Gasteiger partial charge in [-0.1, -0.05) is 34.1 Å². The molecule has 0 saturated carbocycles. The fourth-order valence-electron chi connectivity index (χ4n) is 1.63. The lowest BCUT2D eigenvalue weighted by Gasteiger charge is -2.05. The molecule has 0 amide bonds. The highest BCUT2D eigenvalue weighted by atomic mass is 79.9. The molecule has 0 aliphatic rings. The van der Waals surface area contributed by atoms with Gasteiger partial charge < -0.3 is 4.74 Å². The van der Waals surface area contributed by atoms with E-state index in [9.17, 15) is 9.18 Å². The first kappa shape index (κ1) is 12.8. The first-order chi connectivity index (χ1) is 8.61. The minimum absolute atomic E-state index is 0.310. The molecule has 0 N–H and O–H groups in total. The molecule has 0 heterocycles. The highest BCUT2D eigenvalue weighted by molar-refractivity contribution is 9.10. The second kappa shape index (κ2) is 5.31. The monoisotopic (exact) mass is 308 g/mol. The van der Waals surface area contributed by atoms with Crippen molar-refractivity contribution in [1.82, 2.24) is 0 Å². The minimum Gasteiger partial charge on any atom is -0.465 e. The Morgan fingerprint density at radius 1 is 1.17 bits per heavy atom. The summed E-state index contributed by atoms with van der Waals surface area (Å²) in [6.45, 7) is 0. The summed E-state index contributed by atoms with van der Waals surface area (Å²) in [6.07, 6.45) is 0. The molecule has 2 aromatic carbocycles. The number of hydrogen-bond acceptors (Lipinski definition) is 2. The van der Waals surface area contributed by atoms with Crippen LogP contribution in [-0.4, -0.2) is 13.1 Å². The molecule has 2 nitrogen and oxygen atoms in total. The third-order valence-electron chi connectivity index (χ3n) is 2.55. The summed E-state index contributed by atoms with van der Waals surface area (Å²) in [6, 6.07) is 11.5. The van der Waals surface area contributed by atoms with Gasteiger partial charge in [-0.2, -0.15) is 0 Å². The van der Waals surface area contributed by atoms with Crippen LogP contribution in [0.25, 0.3) is 11.1 Å². The Labute approximate surface area is 113 Å². The third kappa shape index (κ3) is 2.59. The van der Waals surface area contributed by atoms with Crippen molar-refractivity contribution in [2.45, 2.75) is 0 Å². The Bertz CT molecular complexity index is 579. The highest BCUT2D eigenvalue weighted by Crippen LogP contribution is 2.25. The number of rotatable bonds is 2. The SMILES string of the molecule is COC(=O)c1ccc(-c2ccc(Br)cc2F)cc1. The van der Waals surface area contributed by atoms with Crippen molar-refractivity contribution < 1.29 is 13.9 Å². The molecule has 0 unspecified atom stereocenters. The number of methoxy groups -OCH3 is 1. The number of benzene rings is 2. The summed E-state index contributed by atoms with van der Waals surface area (Å²) in [5, 5.41) is 0. The molecule has 0 fully saturated rings. The van der Waals surface area contributed by atoms with Crippen molar-refractivity contribution in [3.05, 3.63) is 58.3 Å². The molecule has 0 aliphatic carbocycles. The van der Waals surface area contributed by atoms with Gasteiger partial charge in [0.1, 0.15) is 5.82 Å². The molecule has 2 aromatic rings. The van der Waals surface area contributed by atoms with Crippen molar-refractivity contribution >= 4 is 21.9 Å². The molecule has 0 radical (unpaired) electrons. The molecule has 0 bridgehead atoms. The summed E-state index contributed by atoms with van der Waals surface area (Å²) >= 11 is 3.21. The van der Waals surface area contributed by atoms with E-state index in [2.05, 4.69) is 20.7 Å². The molecule has 0 aromatic heterocycles. The molecule has 2 rings (SSSR count). The van der Waals surface area contributed by atoms with Crippen LogP contribution in [0.4, 0.5) is 4.39 Å². The summed E-state index contributed by atoms with van der Waals surface area (Å²) < 4.78 is 19.0. The maximum Gasteiger partial charge on any atom is 0.337 e. The zero-order valence-corrected chi connectivity index (χ0v) is 11.2. The van der Waals surface area contributed by atoms with E-state index in [1.807, 2.05) is 0 Å². The van der Waals surface area contributed by atoms with E-state index >= 15 is 0 Å². The molecule has 0 spiro atoms. The van der Waals surface area contributed by atoms with Crippen LogP contribution in [0, 0.1) is 5.82 Å². The third-order valence-corrected chi connectivity index (χ3v) is 3.04. The maximum absolute atomic E-state index is 13.7. The number of esters is 1. The predicted molar refractivity (Wildman–Crippen MR) is 70.9 cm³/mol. The van der Waals surface area contributed by atoms with E-state index in [0.29, 0.717) is 21.2 Å². The second-order valence-corrected chi connectivity index (χ2v) is 4.61. The number of carbonyl (C=O) groups excluding carboxylic acids is 1. The number of ether oxygens (including phenoxy) is 1. The Morgan fingerprint density at radius 3 is 2.39 bits per heavy atom. The first-order valence-electron chi connectivity index (χ1n) is 5.25. The van der Waals surface area contributed by atoms with Crippen molar-refractivity contribution in [1.29, 1.82) is 0 Å². The Morgan fingerprint density at radius 2 is 1.83 bits per heavy atom. The van der Waals surface area contributed by atoms with Crippen molar-refractivity contribution in [2.24, 2.45) is 0 Å². The van der Waals surface area contributed by atoms with Crippen molar-refractivity contribution in [3.63, 3.8) is 0 Å². The Kier molecular flexibility index (Phi) is 3.77. The molecule has 0 aliphatic heterocycles. The second-order valence-electron chi connectivity index (χ2n) is 3.69. The van der Waals surface area contributed by atoms with Crippen LogP contribution < -0.4 is 0 Å². The molecule has 0 atom stereocenters. The molecule has 4 heteroatoms. The van der Waals surface area contributed by atoms with Crippen LogP contribution in [0.5, 0.6) is 0 Å². The van der Waals surface area contributed by atoms with Gasteiger partial charge in [-0.3, -0.25) is 0 Å². The molecular weight excluding hydrogens is 299 g/mol. The van der Waals surface area contributed by atoms with Crippen LogP contribution in [0.3, 0.4) is 0 Å². The van der Waals surface area contributed by atoms with Gasteiger partial charge in [0.15, 0.2) is 0 Å². The quantitative estimate of drug-likeness (QED) is 0.783. The Balaban J connectivity index is 2.37. The fourth-order valence-corrected chi connectivity index (χ4v) is 1.96. The van der Waals surface area contributed by atoms with E-state index in [-0.39, 0.29) is 5.82 Å². The highest BCUT2D eigenvalue weighted by Gasteiger charge is 2.08.